The van der Waals surface area contributed by atoms with Crippen LogP contribution in [0.5, 0.6) is 0 Å². The zero-order valence-corrected chi connectivity index (χ0v) is 15.0. The number of hydrogen-bond acceptors (Lipinski definition) is 4. The Labute approximate surface area is 157 Å². The van der Waals surface area contributed by atoms with Crippen molar-refractivity contribution in [3.63, 3.8) is 0 Å². The van der Waals surface area contributed by atoms with Gasteiger partial charge in [0.2, 0.25) is 5.91 Å². The first-order valence-electron chi connectivity index (χ1n) is 9.24. The van der Waals surface area contributed by atoms with Crippen molar-refractivity contribution < 1.29 is 14.0 Å². The first kappa shape index (κ1) is 17.3. The molecule has 1 aliphatic heterocycles. The van der Waals surface area contributed by atoms with Crippen molar-refractivity contribution in [2.75, 3.05) is 19.6 Å². The van der Waals surface area contributed by atoms with Gasteiger partial charge in [-0.25, -0.2) is 4.98 Å². The van der Waals surface area contributed by atoms with Crippen molar-refractivity contribution >= 4 is 17.5 Å². The van der Waals surface area contributed by atoms with Crippen LogP contribution in [0.4, 0.5) is 0 Å². The third kappa shape index (κ3) is 3.86. The number of carbonyl (C=O) groups excluding carboxylic acids is 2. The van der Waals surface area contributed by atoms with Crippen molar-refractivity contribution in [3.05, 3.63) is 60.4 Å². The summed E-state index contributed by atoms with van der Waals surface area (Å²) in [6.45, 7) is 1.62. The maximum Gasteiger partial charge on any atom is 0.289 e. The predicted molar refractivity (Wildman–Crippen MR) is 99.2 cm³/mol. The van der Waals surface area contributed by atoms with Crippen molar-refractivity contribution in [3.8, 4) is 0 Å². The van der Waals surface area contributed by atoms with Crippen LogP contribution >= 0.6 is 0 Å². The average Bonchev–Trinajstić information content (AvgIpc) is 3.37. The SMILES string of the molecule is O=C(NCCc1cn2ccccc2n1)C1CCCN(C(=O)c2ccco2)C1. The van der Waals surface area contributed by atoms with Crippen LogP contribution in [0.3, 0.4) is 0 Å². The molecule has 3 aromatic heterocycles. The molecule has 7 nitrogen and oxygen atoms in total. The Balaban J connectivity index is 1.29. The summed E-state index contributed by atoms with van der Waals surface area (Å²) in [6, 6.07) is 9.21. The number of hydrogen-bond donors (Lipinski definition) is 1. The van der Waals surface area contributed by atoms with E-state index >= 15 is 0 Å². The first-order valence-corrected chi connectivity index (χ1v) is 9.24. The molecule has 0 spiro atoms. The number of imidazole rings is 1. The maximum atomic E-state index is 12.5. The molecule has 0 bridgehead atoms. The lowest BCUT2D eigenvalue weighted by molar-refractivity contribution is -0.126. The molecule has 4 rings (SSSR count). The molecule has 1 unspecified atom stereocenters. The van der Waals surface area contributed by atoms with Crippen molar-refractivity contribution in [2.24, 2.45) is 5.92 Å². The van der Waals surface area contributed by atoms with Gasteiger partial charge in [0.1, 0.15) is 5.65 Å². The van der Waals surface area contributed by atoms with Gasteiger partial charge in [0.15, 0.2) is 5.76 Å². The largest absolute Gasteiger partial charge is 0.459 e. The number of furan rings is 1. The van der Waals surface area contributed by atoms with E-state index < -0.39 is 0 Å². The summed E-state index contributed by atoms with van der Waals surface area (Å²) < 4.78 is 7.15. The van der Waals surface area contributed by atoms with Crippen molar-refractivity contribution in [1.82, 2.24) is 19.6 Å². The van der Waals surface area contributed by atoms with Gasteiger partial charge in [-0.3, -0.25) is 9.59 Å². The Morgan fingerprint density at radius 3 is 3.00 bits per heavy atom. The Morgan fingerprint density at radius 2 is 2.19 bits per heavy atom. The average molecular weight is 366 g/mol. The summed E-state index contributed by atoms with van der Waals surface area (Å²) in [6.07, 6.45) is 7.71. The fraction of sp³-hybridized carbons (Fsp3) is 0.350. The highest BCUT2D eigenvalue weighted by Gasteiger charge is 2.29. The summed E-state index contributed by atoms with van der Waals surface area (Å²) >= 11 is 0. The van der Waals surface area contributed by atoms with Gasteiger partial charge < -0.3 is 19.0 Å². The maximum absolute atomic E-state index is 12.5. The predicted octanol–water partition coefficient (Wildman–Crippen LogP) is 2.14. The molecule has 7 heteroatoms. The highest BCUT2D eigenvalue weighted by atomic mass is 16.3. The number of likely N-dealkylation sites (tertiary alicyclic amines) is 1. The van der Waals surface area contributed by atoms with Gasteiger partial charge in [-0.05, 0) is 37.1 Å². The van der Waals surface area contributed by atoms with E-state index in [9.17, 15) is 9.59 Å². The minimum absolute atomic E-state index is 0.00397. The third-order valence-electron chi connectivity index (χ3n) is 4.91. The molecule has 0 aliphatic carbocycles. The van der Waals surface area contributed by atoms with Crippen molar-refractivity contribution in [1.29, 1.82) is 0 Å². The number of nitrogens with zero attached hydrogens (tertiary/aromatic N) is 3. The van der Waals surface area contributed by atoms with Crippen LogP contribution in [0.15, 0.2) is 53.4 Å². The number of piperidine rings is 1. The summed E-state index contributed by atoms with van der Waals surface area (Å²) in [7, 11) is 0. The standard InChI is InChI=1S/C20H22N4O3/c25-19(21-9-8-16-14-23-10-2-1-7-18(23)22-16)15-5-3-11-24(13-15)20(26)17-6-4-12-27-17/h1-2,4,6-7,10,12,14-15H,3,5,8-9,11,13H2,(H,21,25). The summed E-state index contributed by atoms with van der Waals surface area (Å²) in [5.41, 5.74) is 1.85. The fourth-order valence-electron chi connectivity index (χ4n) is 3.50. The molecule has 4 heterocycles. The highest BCUT2D eigenvalue weighted by Crippen LogP contribution is 2.19. The van der Waals surface area contributed by atoms with Crippen LogP contribution in [0.1, 0.15) is 29.1 Å². The van der Waals surface area contributed by atoms with Crippen LogP contribution < -0.4 is 5.32 Å². The molecule has 1 N–H and O–H groups in total. The topological polar surface area (TPSA) is 79.9 Å². The van der Waals surface area contributed by atoms with Gasteiger partial charge in [0.25, 0.3) is 5.91 Å². The van der Waals surface area contributed by atoms with Crippen LogP contribution in [-0.4, -0.2) is 45.7 Å². The minimum Gasteiger partial charge on any atom is -0.459 e. The normalized spacial score (nSPS) is 17.2. The molecule has 0 saturated carbocycles. The molecule has 1 fully saturated rings. The quantitative estimate of drug-likeness (QED) is 0.750. The van der Waals surface area contributed by atoms with E-state index in [-0.39, 0.29) is 17.7 Å². The van der Waals surface area contributed by atoms with Crippen LogP contribution in [-0.2, 0) is 11.2 Å². The van der Waals surface area contributed by atoms with Gasteiger partial charge in [-0.2, -0.15) is 0 Å². The first-order chi connectivity index (χ1) is 13.2. The van der Waals surface area contributed by atoms with Gasteiger partial charge in [-0.15, -0.1) is 0 Å². The molecule has 1 atom stereocenters. The number of amides is 2. The lowest BCUT2D eigenvalue weighted by Gasteiger charge is -2.31. The zero-order chi connectivity index (χ0) is 18.6. The molecule has 0 radical (unpaired) electrons. The molecule has 0 aromatic carbocycles. The molecule has 3 aromatic rings. The zero-order valence-electron chi connectivity index (χ0n) is 15.0. The monoisotopic (exact) mass is 366 g/mol. The van der Waals surface area contributed by atoms with E-state index in [2.05, 4.69) is 10.3 Å². The van der Waals surface area contributed by atoms with Gasteiger partial charge in [0, 0.05) is 38.4 Å². The second-order valence-corrected chi connectivity index (χ2v) is 6.81. The molecule has 2 amide bonds. The fourth-order valence-corrected chi connectivity index (χ4v) is 3.50. The number of fused-ring (bicyclic) bond motifs is 1. The van der Waals surface area contributed by atoms with E-state index in [4.69, 9.17) is 4.42 Å². The molecular formula is C20H22N4O3. The van der Waals surface area contributed by atoms with Crippen LogP contribution in [0.2, 0.25) is 0 Å². The number of pyridine rings is 1. The molecule has 140 valence electrons. The highest BCUT2D eigenvalue weighted by molar-refractivity contribution is 5.92. The summed E-state index contributed by atoms with van der Waals surface area (Å²) in [5.74, 6) is -0.0143. The van der Waals surface area contributed by atoms with E-state index in [0.717, 1.165) is 24.2 Å². The summed E-state index contributed by atoms with van der Waals surface area (Å²) in [4.78, 5) is 31.2. The lowest BCUT2D eigenvalue weighted by Crippen LogP contribution is -2.45. The van der Waals surface area contributed by atoms with Gasteiger partial charge in [-0.1, -0.05) is 6.07 Å². The van der Waals surface area contributed by atoms with E-state index in [0.29, 0.717) is 31.8 Å². The Hall–Kier alpha value is -3.09. The van der Waals surface area contributed by atoms with E-state index in [1.165, 1.54) is 6.26 Å². The Morgan fingerprint density at radius 1 is 1.26 bits per heavy atom. The number of aromatic nitrogens is 2. The molecule has 27 heavy (non-hydrogen) atoms. The number of carbonyl (C=O) groups is 2. The Kier molecular flexibility index (Phi) is 4.91. The van der Waals surface area contributed by atoms with E-state index in [1.807, 2.05) is 35.0 Å². The second kappa shape index (κ2) is 7.65. The lowest BCUT2D eigenvalue weighted by atomic mass is 9.97. The van der Waals surface area contributed by atoms with E-state index in [1.54, 1.807) is 17.0 Å². The third-order valence-corrected chi connectivity index (χ3v) is 4.91. The smallest absolute Gasteiger partial charge is 0.289 e. The number of nitrogens with one attached hydrogen (secondary N) is 1. The van der Waals surface area contributed by atoms with Crippen LogP contribution in [0, 0.1) is 5.92 Å². The number of rotatable bonds is 5. The molecular weight excluding hydrogens is 344 g/mol. The minimum atomic E-state index is -0.182. The Bertz CT molecular complexity index is 899. The van der Waals surface area contributed by atoms with Crippen LogP contribution in [0.25, 0.3) is 5.65 Å². The van der Waals surface area contributed by atoms with Gasteiger partial charge in [0.05, 0.1) is 17.9 Å². The van der Waals surface area contributed by atoms with Crippen molar-refractivity contribution in [2.45, 2.75) is 19.3 Å². The summed E-state index contributed by atoms with van der Waals surface area (Å²) in [5, 5.41) is 2.99. The second-order valence-electron chi connectivity index (χ2n) is 6.81. The molecule has 1 aliphatic rings. The molecule has 1 saturated heterocycles. The van der Waals surface area contributed by atoms with Gasteiger partial charge >= 0.3 is 0 Å².